The summed E-state index contributed by atoms with van der Waals surface area (Å²) in [7, 11) is 0. The predicted octanol–water partition coefficient (Wildman–Crippen LogP) is 3.28. The van der Waals surface area contributed by atoms with Gasteiger partial charge in [-0.05, 0) is 56.1 Å². The number of benzene rings is 1. The first-order chi connectivity index (χ1) is 13.3. The van der Waals surface area contributed by atoms with Crippen LogP contribution in [-0.2, 0) is 0 Å². The van der Waals surface area contributed by atoms with Crippen LogP contribution >= 0.6 is 0 Å². The van der Waals surface area contributed by atoms with Gasteiger partial charge in [-0.2, -0.15) is 0 Å². The second kappa shape index (κ2) is 8.47. The van der Waals surface area contributed by atoms with E-state index in [1.807, 2.05) is 6.92 Å². The molecule has 3 rings (SSSR count). The minimum absolute atomic E-state index is 0.0256. The molecule has 0 bridgehead atoms. The fourth-order valence-electron chi connectivity index (χ4n) is 4.74. The summed E-state index contributed by atoms with van der Waals surface area (Å²) in [6.45, 7) is 9.29. The summed E-state index contributed by atoms with van der Waals surface area (Å²) in [6, 6.07) is 5.09. The first-order valence-corrected chi connectivity index (χ1v) is 10.3. The maximum atomic E-state index is 12.9. The van der Waals surface area contributed by atoms with E-state index in [9.17, 15) is 14.9 Å². The highest BCUT2D eigenvalue weighted by atomic mass is 16.6. The van der Waals surface area contributed by atoms with Crippen molar-refractivity contribution in [1.29, 1.82) is 0 Å². The molecule has 2 heterocycles. The van der Waals surface area contributed by atoms with Crippen molar-refractivity contribution in [1.82, 2.24) is 4.90 Å². The largest absolute Gasteiger partial charge is 0.365 e. The van der Waals surface area contributed by atoms with E-state index in [4.69, 9.17) is 5.73 Å². The molecule has 1 amide bonds. The second-order valence-corrected chi connectivity index (χ2v) is 8.80. The molecule has 1 aromatic rings. The summed E-state index contributed by atoms with van der Waals surface area (Å²) in [6.07, 6.45) is 2.90. The Kier molecular flexibility index (Phi) is 6.23. The van der Waals surface area contributed by atoms with Gasteiger partial charge in [-0.1, -0.05) is 13.8 Å². The Bertz CT molecular complexity index is 718. The molecule has 3 atom stereocenters. The predicted molar refractivity (Wildman–Crippen MR) is 111 cm³/mol. The molecule has 3 unspecified atom stereocenters. The van der Waals surface area contributed by atoms with E-state index in [0.29, 0.717) is 42.1 Å². The topological polar surface area (TPSA) is 92.7 Å². The Labute approximate surface area is 167 Å². The van der Waals surface area contributed by atoms with Gasteiger partial charge in [0.1, 0.15) is 5.69 Å². The van der Waals surface area contributed by atoms with Crippen LogP contribution in [-0.4, -0.2) is 48.0 Å². The number of anilines is 1. The van der Waals surface area contributed by atoms with Crippen molar-refractivity contribution >= 4 is 17.3 Å². The van der Waals surface area contributed by atoms with Gasteiger partial charge in [0.2, 0.25) is 0 Å². The average Bonchev–Trinajstić information content (AvgIpc) is 2.66. The highest BCUT2D eigenvalue weighted by Crippen LogP contribution is 2.34. The van der Waals surface area contributed by atoms with Gasteiger partial charge in [-0.3, -0.25) is 14.9 Å². The number of carbonyl (C=O) groups is 1. The molecule has 7 nitrogen and oxygen atoms in total. The Morgan fingerprint density at radius 1 is 1.21 bits per heavy atom. The Morgan fingerprint density at radius 3 is 2.36 bits per heavy atom. The van der Waals surface area contributed by atoms with Crippen LogP contribution in [0, 0.1) is 27.9 Å². The number of piperidine rings is 2. The summed E-state index contributed by atoms with van der Waals surface area (Å²) in [4.78, 5) is 28.2. The maximum absolute atomic E-state index is 12.9. The van der Waals surface area contributed by atoms with Crippen molar-refractivity contribution < 1.29 is 9.72 Å². The molecule has 2 saturated heterocycles. The lowest BCUT2D eigenvalue weighted by Gasteiger charge is -2.36. The fourth-order valence-corrected chi connectivity index (χ4v) is 4.74. The molecule has 2 fully saturated rings. The van der Waals surface area contributed by atoms with Crippen LogP contribution in [0.5, 0.6) is 0 Å². The third kappa shape index (κ3) is 4.46. The molecule has 0 radical (unpaired) electrons. The van der Waals surface area contributed by atoms with E-state index < -0.39 is 0 Å². The van der Waals surface area contributed by atoms with Gasteiger partial charge >= 0.3 is 0 Å². The number of rotatable bonds is 4. The molecule has 2 N–H and O–H groups in total. The highest BCUT2D eigenvalue weighted by Gasteiger charge is 2.30. The van der Waals surface area contributed by atoms with E-state index in [-0.39, 0.29) is 22.6 Å². The first-order valence-electron chi connectivity index (χ1n) is 10.3. The third-order valence-electron chi connectivity index (χ3n) is 6.20. The molecule has 0 aliphatic carbocycles. The van der Waals surface area contributed by atoms with Gasteiger partial charge in [0.05, 0.1) is 4.92 Å². The number of hydrogen-bond donors (Lipinski definition) is 1. The van der Waals surface area contributed by atoms with Crippen LogP contribution in [0.3, 0.4) is 0 Å². The number of nitrogens with zero attached hydrogens (tertiary/aromatic N) is 3. The standard InChI is InChI=1S/C21H32N4O3/c1-14-10-15(2)13-24(12-14)19-5-4-18(11-20(19)25(27)28)21(26)23-8-6-17(7-9-23)16(3)22/h4-5,11,14-17H,6-10,12-13,22H2,1-3H3. The first kappa shape index (κ1) is 20.6. The molecule has 2 aliphatic heterocycles. The van der Waals surface area contributed by atoms with Crippen molar-refractivity contribution in [3.8, 4) is 0 Å². The smallest absolute Gasteiger partial charge is 0.293 e. The van der Waals surface area contributed by atoms with Gasteiger partial charge < -0.3 is 15.5 Å². The lowest BCUT2D eigenvalue weighted by Crippen LogP contribution is -2.42. The van der Waals surface area contributed by atoms with Crippen LogP contribution in [0.25, 0.3) is 0 Å². The van der Waals surface area contributed by atoms with E-state index in [2.05, 4.69) is 18.7 Å². The summed E-state index contributed by atoms with van der Waals surface area (Å²) in [5.74, 6) is 1.30. The Hall–Kier alpha value is -2.15. The van der Waals surface area contributed by atoms with Gasteiger partial charge in [-0.15, -0.1) is 0 Å². The normalized spacial score (nSPS) is 24.9. The summed E-state index contributed by atoms with van der Waals surface area (Å²) >= 11 is 0. The van der Waals surface area contributed by atoms with Crippen LogP contribution in [0.4, 0.5) is 11.4 Å². The van der Waals surface area contributed by atoms with Gasteiger partial charge in [0.25, 0.3) is 11.6 Å². The summed E-state index contributed by atoms with van der Waals surface area (Å²) in [5, 5.41) is 11.7. The lowest BCUT2D eigenvalue weighted by atomic mass is 9.90. The van der Waals surface area contributed by atoms with Crippen molar-refractivity contribution in [2.75, 3.05) is 31.1 Å². The van der Waals surface area contributed by atoms with Crippen molar-refractivity contribution in [3.05, 3.63) is 33.9 Å². The third-order valence-corrected chi connectivity index (χ3v) is 6.20. The number of nitro benzene ring substituents is 1. The van der Waals surface area contributed by atoms with Crippen molar-refractivity contribution in [3.63, 3.8) is 0 Å². The minimum atomic E-state index is -0.363. The zero-order chi connectivity index (χ0) is 20.4. The molecule has 0 aromatic heterocycles. The minimum Gasteiger partial charge on any atom is -0.365 e. The average molecular weight is 389 g/mol. The van der Waals surface area contributed by atoms with Gasteiger partial charge in [-0.25, -0.2) is 0 Å². The molecule has 2 aliphatic rings. The SMILES string of the molecule is CC1CC(C)CN(c2ccc(C(=O)N3CCC(C(C)N)CC3)cc2[N+](=O)[O-])C1. The fraction of sp³-hybridized carbons (Fsp3) is 0.667. The second-order valence-electron chi connectivity index (χ2n) is 8.80. The van der Waals surface area contributed by atoms with Crippen LogP contribution in [0.15, 0.2) is 18.2 Å². The Balaban J connectivity index is 1.79. The number of amides is 1. The van der Waals surface area contributed by atoms with E-state index in [1.54, 1.807) is 17.0 Å². The molecule has 7 heteroatoms. The summed E-state index contributed by atoms with van der Waals surface area (Å²) < 4.78 is 0. The molecule has 1 aromatic carbocycles. The zero-order valence-corrected chi connectivity index (χ0v) is 17.1. The maximum Gasteiger partial charge on any atom is 0.293 e. The molecule has 0 saturated carbocycles. The number of carbonyl (C=O) groups excluding carboxylic acids is 1. The van der Waals surface area contributed by atoms with Crippen molar-refractivity contribution in [2.24, 2.45) is 23.5 Å². The monoisotopic (exact) mass is 388 g/mol. The van der Waals surface area contributed by atoms with Crippen LogP contribution in [0.2, 0.25) is 0 Å². The number of nitrogens with two attached hydrogens (primary N) is 1. The molecule has 154 valence electrons. The van der Waals surface area contributed by atoms with Crippen LogP contribution in [0.1, 0.15) is 50.4 Å². The molecular weight excluding hydrogens is 356 g/mol. The van der Waals surface area contributed by atoms with Crippen LogP contribution < -0.4 is 10.6 Å². The van der Waals surface area contributed by atoms with Gasteiger partial charge in [0.15, 0.2) is 0 Å². The van der Waals surface area contributed by atoms with Crippen molar-refractivity contribution in [2.45, 2.75) is 46.1 Å². The summed E-state index contributed by atoms with van der Waals surface area (Å²) in [5.41, 5.74) is 7.02. The van der Waals surface area contributed by atoms with E-state index in [1.165, 1.54) is 6.07 Å². The molecule has 0 spiro atoms. The number of nitro groups is 1. The van der Waals surface area contributed by atoms with E-state index >= 15 is 0 Å². The Morgan fingerprint density at radius 2 is 1.82 bits per heavy atom. The number of hydrogen-bond acceptors (Lipinski definition) is 5. The molecular formula is C21H32N4O3. The molecule has 28 heavy (non-hydrogen) atoms. The quantitative estimate of drug-likeness (QED) is 0.631. The lowest BCUT2D eigenvalue weighted by molar-refractivity contribution is -0.384. The van der Waals surface area contributed by atoms with Gasteiger partial charge in [0, 0.05) is 43.9 Å². The highest BCUT2D eigenvalue weighted by molar-refractivity contribution is 5.96. The van der Waals surface area contributed by atoms with E-state index in [0.717, 1.165) is 32.4 Å². The number of likely N-dealkylation sites (tertiary alicyclic amines) is 1. The zero-order valence-electron chi connectivity index (χ0n) is 17.1.